The number of aromatic nitrogens is 3. The second-order valence-corrected chi connectivity index (χ2v) is 11.2. The molecule has 1 fully saturated rings. The standard InChI is InChI=1S/C24H34BrN5O7/c1-7-23(3,4)21(33)35-9-11-15(37-22(34)24(5,6)8-2)14(31)20(36-11)30-10-28-17(26)13-12(18(27)32)16(25)29-19(13)30/h10-11,14-15,20,26,29,31H,7-9H2,1-6H3,(H2,27,32). The topological polar surface area (TPSA) is 183 Å². The molecule has 13 heteroatoms. The van der Waals surface area contributed by atoms with E-state index in [0.717, 1.165) is 0 Å². The summed E-state index contributed by atoms with van der Waals surface area (Å²) in [7, 11) is 0. The fourth-order valence-corrected chi connectivity index (χ4v) is 4.28. The van der Waals surface area contributed by atoms with Gasteiger partial charge >= 0.3 is 11.9 Å². The number of ether oxygens (including phenoxy) is 3. The van der Waals surface area contributed by atoms with Gasteiger partial charge < -0.3 is 30.0 Å². The largest absolute Gasteiger partial charge is 0.462 e. The predicted molar refractivity (Wildman–Crippen MR) is 135 cm³/mol. The molecule has 1 amide bonds. The van der Waals surface area contributed by atoms with Gasteiger partial charge in [-0.15, -0.1) is 0 Å². The van der Waals surface area contributed by atoms with Gasteiger partial charge in [-0.3, -0.25) is 24.4 Å². The molecule has 0 saturated carbocycles. The van der Waals surface area contributed by atoms with E-state index in [2.05, 4.69) is 25.9 Å². The van der Waals surface area contributed by atoms with Gasteiger partial charge in [0.1, 0.15) is 30.8 Å². The third kappa shape index (κ3) is 5.43. The molecule has 1 aliphatic rings. The first-order chi connectivity index (χ1) is 17.2. The van der Waals surface area contributed by atoms with Crippen LogP contribution in [0.25, 0.3) is 11.0 Å². The Kier molecular flexibility index (Phi) is 8.20. The first-order valence-corrected chi connectivity index (χ1v) is 12.8. The molecule has 2 aromatic heterocycles. The number of carbonyl (C=O) groups excluding carboxylic acids is 3. The van der Waals surface area contributed by atoms with Crippen LogP contribution < -0.4 is 11.2 Å². The van der Waals surface area contributed by atoms with Crippen molar-refractivity contribution in [1.29, 1.82) is 5.41 Å². The number of amides is 1. The number of nitrogens with zero attached hydrogens (tertiary/aromatic N) is 2. The van der Waals surface area contributed by atoms with E-state index in [-0.39, 0.29) is 33.3 Å². The van der Waals surface area contributed by atoms with Crippen LogP contribution in [0.4, 0.5) is 0 Å². The Morgan fingerprint density at radius 3 is 2.38 bits per heavy atom. The Labute approximate surface area is 222 Å². The van der Waals surface area contributed by atoms with Crippen molar-refractivity contribution in [2.45, 2.75) is 78.9 Å². The lowest BCUT2D eigenvalue weighted by Crippen LogP contribution is -2.42. The van der Waals surface area contributed by atoms with E-state index in [4.69, 9.17) is 25.4 Å². The molecule has 0 aromatic carbocycles. The number of hydrogen-bond acceptors (Lipinski definition) is 9. The number of halogens is 1. The summed E-state index contributed by atoms with van der Waals surface area (Å²) in [5.74, 6) is -1.77. The van der Waals surface area contributed by atoms with E-state index in [1.54, 1.807) is 27.7 Å². The monoisotopic (exact) mass is 583 g/mol. The van der Waals surface area contributed by atoms with Crippen LogP contribution in [-0.4, -0.2) is 62.4 Å². The van der Waals surface area contributed by atoms with Crippen molar-refractivity contribution in [3.63, 3.8) is 0 Å². The van der Waals surface area contributed by atoms with Crippen LogP contribution in [0.2, 0.25) is 0 Å². The first kappa shape index (κ1) is 28.8. The van der Waals surface area contributed by atoms with Crippen molar-refractivity contribution in [3.05, 3.63) is 22.0 Å². The highest BCUT2D eigenvalue weighted by Gasteiger charge is 2.49. The molecule has 4 atom stereocenters. The minimum atomic E-state index is -1.40. The second kappa shape index (κ2) is 10.5. The Morgan fingerprint density at radius 1 is 1.22 bits per heavy atom. The van der Waals surface area contributed by atoms with E-state index in [1.165, 1.54) is 10.9 Å². The SMILES string of the molecule is CCC(C)(C)C(=O)OCC1OC(n2cnc(=N)c3c(C(N)=O)c(Br)[nH]c32)C(O)C1OC(=O)C(C)(C)CC. The number of aliphatic hydroxyl groups excluding tert-OH is 1. The molecule has 204 valence electrons. The molecule has 12 nitrogen and oxygen atoms in total. The molecule has 4 unspecified atom stereocenters. The fraction of sp³-hybridized carbons (Fsp3) is 0.625. The average molecular weight is 584 g/mol. The van der Waals surface area contributed by atoms with Crippen LogP contribution in [0.3, 0.4) is 0 Å². The number of aliphatic hydroxyl groups is 1. The van der Waals surface area contributed by atoms with E-state index in [1.807, 2.05) is 13.8 Å². The van der Waals surface area contributed by atoms with Crippen LogP contribution in [0.1, 0.15) is 71.0 Å². The Morgan fingerprint density at radius 2 is 1.81 bits per heavy atom. The molecule has 3 rings (SSSR count). The molecular formula is C24H34BrN5O7. The maximum absolute atomic E-state index is 12.9. The summed E-state index contributed by atoms with van der Waals surface area (Å²) >= 11 is 3.24. The highest BCUT2D eigenvalue weighted by atomic mass is 79.9. The normalized spacial score (nSPS) is 22.3. The number of rotatable bonds is 9. The van der Waals surface area contributed by atoms with Gasteiger partial charge in [0, 0.05) is 0 Å². The number of nitrogens with one attached hydrogen (secondary N) is 2. The third-order valence-electron chi connectivity index (χ3n) is 7.07. The Balaban J connectivity index is 2.02. The Hall–Kier alpha value is -2.77. The van der Waals surface area contributed by atoms with Crippen molar-refractivity contribution in [3.8, 4) is 0 Å². The predicted octanol–water partition coefficient (Wildman–Crippen LogP) is 2.29. The lowest BCUT2D eigenvalue weighted by molar-refractivity contribution is -0.171. The third-order valence-corrected chi connectivity index (χ3v) is 7.66. The lowest BCUT2D eigenvalue weighted by atomic mass is 9.90. The van der Waals surface area contributed by atoms with Gasteiger partial charge in [0.15, 0.2) is 17.8 Å². The smallest absolute Gasteiger partial charge is 0.311 e. The van der Waals surface area contributed by atoms with E-state index in [9.17, 15) is 19.5 Å². The number of hydrogen-bond donors (Lipinski definition) is 4. The number of fused-ring (bicyclic) bond motifs is 1. The highest BCUT2D eigenvalue weighted by molar-refractivity contribution is 9.10. The van der Waals surface area contributed by atoms with Crippen molar-refractivity contribution < 1.29 is 33.7 Å². The Bertz CT molecular complexity index is 1270. The zero-order valence-electron chi connectivity index (χ0n) is 21.8. The second-order valence-electron chi connectivity index (χ2n) is 10.4. The van der Waals surface area contributed by atoms with Gasteiger partial charge in [0.2, 0.25) is 0 Å². The molecule has 2 aromatic rings. The minimum absolute atomic E-state index is 0.0225. The van der Waals surface area contributed by atoms with Crippen LogP contribution in [0, 0.1) is 16.2 Å². The van der Waals surface area contributed by atoms with Gasteiger partial charge in [-0.1, -0.05) is 13.8 Å². The molecule has 37 heavy (non-hydrogen) atoms. The summed E-state index contributed by atoms with van der Waals surface area (Å²) in [5.41, 5.74) is 3.98. The maximum atomic E-state index is 12.9. The molecule has 0 aliphatic carbocycles. The van der Waals surface area contributed by atoms with Gasteiger partial charge in [0.25, 0.3) is 5.91 Å². The number of esters is 2. The van der Waals surface area contributed by atoms with Crippen LogP contribution in [-0.2, 0) is 23.8 Å². The van der Waals surface area contributed by atoms with Crippen molar-refractivity contribution in [2.24, 2.45) is 16.6 Å². The van der Waals surface area contributed by atoms with Crippen LogP contribution >= 0.6 is 15.9 Å². The van der Waals surface area contributed by atoms with Crippen molar-refractivity contribution in [1.82, 2.24) is 14.5 Å². The van der Waals surface area contributed by atoms with Gasteiger partial charge in [-0.2, -0.15) is 0 Å². The van der Waals surface area contributed by atoms with E-state index < -0.39 is 53.2 Å². The molecule has 5 N–H and O–H groups in total. The summed E-state index contributed by atoms with van der Waals surface area (Å²) in [6, 6.07) is 0. The van der Waals surface area contributed by atoms with Gasteiger partial charge in [0.05, 0.1) is 26.4 Å². The van der Waals surface area contributed by atoms with Crippen LogP contribution in [0.5, 0.6) is 0 Å². The van der Waals surface area contributed by atoms with Crippen LogP contribution in [0.15, 0.2) is 10.9 Å². The first-order valence-electron chi connectivity index (χ1n) is 12.0. The highest BCUT2D eigenvalue weighted by Crippen LogP contribution is 2.36. The molecule has 0 spiro atoms. The zero-order valence-corrected chi connectivity index (χ0v) is 23.3. The summed E-state index contributed by atoms with van der Waals surface area (Å²) in [5, 5.41) is 19.6. The van der Waals surface area contributed by atoms with E-state index in [0.29, 0.717) is 12.8 Å². The summed E-state index contributed by atoms with van der Waals surface area (Å²) in [6.45, 7) is 10.4. The van der Waals surface area contributed by atoms with Gasteiger partial charge in [-0.05, 0) is 56.5 Å². The molecule has 1 aliphatic heterocycles. The molecule has 3 heterocycles. The van der Waals surface area contributed by atoms with Crippen molar-refractivity contribution >= 4 is 44.8 Å². The number of aromatic amines is 1. The maximum Gasteiger partial charge on any atom is 0.311 e. The lowest BCUT2D eigenvalue weighted by Gasteiger charge is -2.27. The zero-order chi connectivity index (χ0) is 27.9. The van der Waals surface area contributed by atoms with E-state index >= 15 is 0 Å². The number of primary amides is 1. The number of H-pyrrole nitrogens is 1. The molecule has 1 saturated heterocycles. The molecule has 0 radical (unpaired) electrons. The number of carbonyl (C=O) groups is 3. The molecule has 0 bridgehead atoms. The van der Waals surface area contributed by atoms with Gasteiger partial charge in [-0.25, -0.2) is 4.98 Å². The average Bonchev–Trinajstić information content (AvgIpc) is 3.35. The summed E-state index contributed by atoms with van der Waals surface area (Å²) in [6.07, 6.45) is -2.42. The summed E-state index contributed by atoms with van der Waals surface area (Å²) in [4.78, 5) is 44.5. The number of nitrogens with two attached hydrogens (primary N) is 1. The minimum Gasteiger partial charge on any atom is -0.462 e. The molecular weight excluding hydrogens is 550 g/mol. The quantitative estimate of drug-likeness (QED) is 0.324. The van der Waals surface area contributed by atoms with Crippen molar-refractivity contribution in [2.75, 3.05) is 6.61 Å². The summed E-state index contributed by atoms with van der Waals surface area (Å²) < 4.78 is 18.9. The fourth-order valence-electron chi connectivity index (χ4n) is 3.70.